The van der Waals surface area contributed by atoms with Gasteiger partial charge in [-0.1, -0.05) is 24.8 Å². The summed E-state index contributed by atoms with van der Waals surface area (Å²) >= 11 is 0. The maximum Gasteiger partial charge on any atom is 0.295 e. The van der Waals surface area contributed by atoms with Crippen LogP contribution >= 0.6 is 0 Å². The first-order chi connectivity index (χ1) is 15.4. The molecule has 7 nitrogen and oxygen atoms in total. The van der Waals surface area contributed by atoms with Crippen molar-refractivity contribution in [3.8, 4) is 11.5 Å². The third kappa shape index (κ3) is 4.84. The summed E-state index contributed by atoms with van der Waals surface area (Å²) in [5, 5.41) is 11.1. The molecule has 32 heavy (non-hydrogen) atoms. The van der Waals surface area contributed by atoms with Crippen LogP contribution in [-0.2, 0) is 9.59 Å². The van der Waals surface area contributed by atoms with Crippen LogP contribution in [0.5, 0.6) is 11.5 Å². The van der Waals surface area contributed by atoms with Gasteiger partial charge in [-0.15, -0.1) is 0 Å². The average molecular weight is 437 g/mol. The van der Waals surface area contributed by atoms with Crippen molar-refractivity contribution in [1.29, 1.82) is 0 Å². The number of amides is 1. The van der Waals surface area contributed by atoms with Gasteiger partial charge in [-0.2, -0.15) is 0 Å². The van der Waals surface area contributed by atoms with E-state index in [0.717, 1.165) is 5.56 Å². The van der Waals surface area contributed by atoms with E-state index >= 15 is 0 Å². The normalized spacial score (nSPS) is 17.6. The Labute approximate surface area is 188 Å². The first-order valence-electron chi connectivity index (χ1n) is 10.3. The summed E-state index contributed by atoms with van der Waals surface area (Å²) < 4.78 is 10.7. The lowest BCUT2D eigenvalue weighted by Crippen LogP contribution is -2.35. The van der Waals surface area contributed by atoms with Crippen molar-refractivity contribution in [3.63, 3.8) is 0 Å². The molecule has 0 spiro atoms. The first-order valence-corrected chi connectivity index (χ1v) is 10.3. The molecule has 0 aliphatic carbocycles. The van der Waals surface area contributed by atoms with Crippen LogP contribution in [0.3, 0.4) is 0 Å². The maximum absolute atomic E-state index is 13.0. The molecule has 0 bridgehead atoms. The standard InChI is InChI=1S/C25H28N2O5/c1-5-16-32-20-12-8-18(9-13-20)23(28)21-22(17-6-10-19(31-4)11-7-17)27(15-14-26(2)3)25(30)24(21)29/h5-13,22,28H,1,14-16H2,2-4H3/b23-21+/t22-/m0/s1. The third-order valence-electron chi connectivity index (χ3n) is 5.26. The zero-order valence-electron chi connectivity index (χ0n) is 18.6. The summed E-state index contributed by atoms with van der Waals surface area (Å²) in [5.74, 6) is -0.269. The lowest BCUT2D eigenvalue weighted by Gasteiger charge is -2.26. The molecule has 1 heterocycles. The van der Waals surface area contributed by atoms with E-state index < -0.39 is 17.7 Å². The summed E-state index contributed by atoms with van der Waals surface area (Å²) in [7, 11) is 5.37. The molecular weight excluding hydrogens is 408 g/mol. The van der Waals surface area contributed by atoms with Crippen molar-refractivity contribution in [2.75, 3.05) is 40.9 Å². The third-order valence-corrected chi connectivity index (χ3v) is 5.26. The second-order valence-electron chi connectivity index (χ2n) is 7.69. The number of nitrogens with zero attached hydrogens (tertiary/aromatic N) is 2. The molecule has 1 atom stereocenters. The summed E-state index contributed by atoms with van der Waals surface area (Å²) in [4.78, 5) is 29.4. The molecule has 2 aromatic carbocycles. The van der Waals surface area contributed by atoms with Crippen LogP contribution in [-0.4, -0.2) is 67.5 Å². The van der Waals surface area contributed by atoms with Crippen LogP contribution in [0.4, 0.5) is 0 Å². The Morgan fingerprint density at radius 2 is 1.72 bits per heavy atom. The molecule has 0 aromatic heterocycles. The Kier molecular flexibility index (Phi) is 7.33. The van der Waals surface area contributed by atoms with Crippen LogP contribution in [0, 0.1) is 0 Å². The molecule has 1 saturated heterocycles. The summed E-state index contributed by atoms with van der Waals surface area (Å²) in [6.07, 6.45) is 1.64. The molecule has 1 aliphatic rings. The van der Waals surface area contributed by atoms with Crippen LogP contribution in [0.25, 0.3) is 5.76 Å². The monoisotopic (exact) mass is 436 g/mol. The number of ketones is 1. The minimum atomic E-state index is -0.700. The fourth-order valence-electron chi connectivity index (χ4n) is 3.57. The average Bonchev–Trinajstić information content (AvgIpc) is 3.06. The number of Topliss-reactive ketones (excluding diaryl/α,β-unsaturated/α-hetero) is 1. The van der Waals surface area contributed by atoms with E-state index in [4.69, 9.17) is 9.47 Å². The summed E-state index contributed by atoms with van der Waals surface area (Å²) in [6, 6.07) is 13.2. The van der Waals surface area contributed by atoms with E-state index in [-0.39, 0.29) is 11.3 Å². The van der Waals surface area contributed by atoms with E-state index in [1.807, 2.05) is 19.0 Å². The van der Waals surface area contributed by atoms with Crippen molar-refractivity contribution in [3.05, 3.63) is 77.9 Å². The van der Waals surface area contributed by atoms with Crippen molar-refractivity contribution >= 4 is 17.4 Å². The lowest BCUT2D eigenvalue weighted by molar-refractivity contribution is -0.140. The number of hydrogen-bond donors (Lipinski definition) is 1. The quantitative estimate of drug-likeness (QED) is 0.281. The summed E-state index contributed by atoms with van der Waals surface area (Å²) in [6.45, 7) is 4.90. The number of likely N-dealkylation sites (tertiary alicyclic amines) is 1. The number of likely N-dealkylation sites (N-methyl/N-ethyl adjacent to an activating group) is 1. The van der Waals surface area contributed by atoms with Gasteiger partial charge in [0.1, 0.15) is 23.9 Å². The SMILES string of the molecule is C=CCOc1ccc(/C(O)=C2\C(=O)C(=O)N(CCN(C)C)[C@H]2c2ccc(OC)cc2)cc1. The smallest absolute Gasteiger partial charge is 0.295 e. The molecular formula is C25H28N2O5. The van der Waals surface area contributed by atoms with Gasteiger partial charge < -0.3 is 24.4 Å². The molecule has 3 rings (SSSR count). The fraction of sp³-hybridized carbons (Fsp3) is 0.280. The van der Waals surface area contributed by atoms with Gasteiger partial charge in [0.15, 0.2) is 0 Å². The van der Waals surface area contributed by atoms with Crippen LogP contribution in [0.2, 0.25) is 0 Å². The molecule has 0 saturated carbocycles. The fourth-order valence-corrected chi connectivity index (χ4v) is 3.57. The molecule has 1 fully saturated rings. The van der Waals surface area contributed by atoms with Crippen molar-refractivity contribution in [2.24, 2.45) is 0 Å². The van der Waals surface area contributed by atoms with Gasteiger partial charge in [0.2, 0.25) is 0 Å². The number of carbonyl (C=O) groups excluding carboxylic acids is 2. The van der Waals surface area contributed by atoms with Gasteiger partial charge >= 0.3 is 0 Å². The highest BCUT2D eigenvalue weighted by molar-refractivity contribution is 6.46. The number of hydrogen-bond acceptors (Lipinski definition) is 6. The highest BCUT2D eigenvalue weighted by atomic mass is 16.5. The van der Waals surface area contributed by atoms with E-state index in [0.29, 0.717) is 36.8 Å². The molecule has 168 valence electrons. The van der Waals surface area contributed by atoms with Gasteiger partial charge in [0.05, 0.1) is 18.7 Å². The van der Waals surface area contributed by atoms with E-state index in [9.17, 15) is 14.7 Å². The number of methoxy groups -OCH3 is 1. The Hall–Kier alpha value is -3.58. The number of rotatable bonds is 9. The van der Waals surface area contributed by atoms with Gasteiger partial charge in [0, 0.05) is 18.7 Å². The van der Waals surface area contributed by atoms with Gasteiger partial charge in [-0.05, 0) is 56.1 Å². The number of aliphatic hydroxyl groups excluding tert-OH is 1. The van der Waals surface area contributed by atoms with E-state index in [1.165, 1.54) is 4.90 Å². The maximum atomic E-state index is 13.0. The summed E-state index contributed by atoms with van der Waals surface area (Å²) in [5.41, 5.74) is 1.22. The predicted molar refractivity (Wildman–Crippen MR) is 123 cm³/mol. The van der Waals surface area contributed by atoms with E-state index in [2.05, 4.69) is 6.58 Å². The van der Waals surface area contributed by atoms with Crippen molar-refractivity contribution in [1.82, 2.24) is 9.80 Å². The topological polar surface area (TPSA) is 79.3 Å². The van der Waals surface area contributed by atoms with Gasteiger partial charge in [0.25, 0.3) is 11.7 Å². The number of carbonyl (C=O) groups is 2. The molecule has 0 radical (unpaired) electrons. The van der Waals surface area contributed by atoms with E-state index in [1.54, 1.807) is 61.7 Å². The highest BCUT2D eigenvalue weighted by Crippen LogP contribution is 2.39. The molecule has 7 heteroatoms. The molecule has 1 amide bonds. The second-order valence-corrected chi connectivity index (χ2v) is 7.69. The Bertz CT molecular complexity index is 1010. The van der Waals surface area contributed by atoms with Crippen LogP contribution < -0.4 is 9.47 Å². The van der Waals surface area contributed by atoms with Crippen molar-refractivity contribution in [2.45, 2.75) is 6.04 Å². The first kappa shape index (κ1) is 23.1. The molecule has 2 aromatic rings. The van der Waals surface area contributed by atoms with Crippen LogP contribution in [0.1, 0.15) is 17.2 Å². The van der Waals surface area contributed by atoms with Crippen LogP contribution in [0.15, 0.2) is 66.8 Å². The Morgan fingerprint density at radius 1 is 1.09 bits per heavy atom. The number of benzene rings is 2. The molecule has 0 unspecified atom stereocenters. The Morgan fingerprint density at radius 3 is 2.28 bits per heavy atom. The largest absolute Gasteiger partial charge is 0.507 e. The zero-order valence-corrected chi connectivity index (χ0v) is 18.6. The van der Waals surface area contributed by atoms with Crippen molar-refractivity contribution < 1.29 is 24.2 Å². The number of ether oxygens (including phenoxy) is 2. The van der Waals surface area contributed by atoms with Gasteiger partial charge in [-0.3, -0.25) is 9.59 Å². The molecule has 1 N–H and O–H groups in total. The second kappa shape index (κ2) is 10.2. The zero-order chi connectivity index (χ0) is 23.3. The molecule has 1 aliphatic heterocycles. The lowest BCUT2D eigenvalue weighted by atomic mass is 9.95. The number of aliphatic hydroxyl groups is 1. The Balaban J connectivity index is 2.05. The predicted octanol–water partition coefficient (Wildman–Crippen LogP) is 3.24. The minimum absolute atomic E-state index is 0.0682. The highest BCUT2D eigenvalue weighted by Gasteiger charge is 2.45. The minimum Gasteiger partial charge on any atom is -0.507 e. The van der Waals surface area contributed by atoms with Gasteiger partial charge in [-0.25, -0.2) is 0 Å².